The van der Waals surface area contributed by atoms with E-state index < -0.39 is 10.0 Å². The number of carbonyl (C=O) groups excluding carboxylic acids is 1. The number of fused-ring (bicyclic) bond motifs is 1. The molecule has 1 aromatic carbocycles. The zero-order chi connectivity index (χ0) is 23.0. The highest BCUT2D eigenvalue weighted by atomic mass is 32.2. The van der Waals surface area contributed by atoms with Crippen molar-refractivity contribution >= 4 is 61.4 Å². The number of hydrogen-bond donors (Lipinski definition) is 3. The molecule has 2 aromatic heterocycles. The summed E-state index contributed by atoms with van der Waals surface area (Å²) in [5, 5.41) is 15.2. The Morgan fingerprint density at radius 3 is 2.94 bits per heavy atom. The van der Waals surface area contributed by atoms with Gasteiger partial charge < -0.3 is 5.32 Å². The Kier molecular flexibility index (Phi) is 5.85. The Morgan fingerprint density at radius 2 is 2.18 bits per heavy atom. The SMILES string of the molecule is CN(c1cccc2c1NC(C1=NCC(CC(=O)Nc3ncn[nH]3)S1)C2)S(=O)(=O)c1cccs1. The Labute approximate surface area is 199 Å². The Morgan fingerprint density at radius 1 is 1.30 bits per heavy atom. The van der Waals surface area contributed by atoms with Gasteiger partial charge in [-0.2, -0.15) is 10.1 Å². The summed E-state index contributed by atoms with van der Waals surface area (Å²) in [4.78, 5) is 20.8. The second kappa shape index (κ2) is 8.80. The number of thioether (sulfide) groups is 1. The van der Waals surface area contributed by atoms with Gasteiger partial charge in [0.05, 0.1) is 29.0 Å². The zero-order valence-electron chi connectivity index (χ0n) is 17.6. The highest BCUT2D eigenvalue weighted by molar-refractivity contribution is 8.15. The van der Waals surface area contributed by atoms with E-state index in [2.05, 4.69) is 30.8 Å². The first-order valence-corrected chi connectivity index (χ1v) is 13.4. The number of anilines is 3. The van der Waals surface area contributed by atoms with Crippen LogP contribution in [0, 0.1) is 0 Å². The topological polar surface area (TPSA) is 132 Å². The summed E-state index contributed by atoms with van der Waals surface area (Å²) in [5.74, 6) is 0.178. The van der Waals surface area contributed by atoms with E-state index in [1.54, 1.807) is 42.4 Å². The predicted molar refractivity (Wildman–Crippen MR) is 131 cm³/mol. The van der Waals surface area contributed by atoms with E-state index in [-0.39, 0.29) is 17.2 Å². The minimum atomic E-state index is -3.63. The van der Waals surface area contributed by atoms with Crippen molar-refractivity contribution in [2.75, 3.05) is 28.5 Å². The van der Waals surface area contributed by atoms with Gasteiger partial charge in [0.15, 0.2) is 0 Å². The lowest BCUT2D eigenvalue weighted by Crippen LogP contribution is -2.28. The molecule has 172 valence electrons. The van der Waals surface area contributed by atoms with Crippen LogP contribution in [0.1, 0.15) is 12.0 Å². The number of thiophene rings is 1. The van der Waals surface area contributed by atoms with Gasteiger partial charge in [0.1, 0.15) is 10.5 Å². The lowest BCUT2D eigenvalue weighted by atomic mass is 10.1. The van der Waals surface area contributed by atoms with Crippen molar-refractivity contribution in [3.63, 3.8) is 0 Å². The van der Waals surface area contributed by atoms with E-state index >= 15 is 0 Å². The van der Waals surface area contributed by atoms with Crippen LogP contribution in [0.15, 0.2) is 51.2 Å². The van der Waals surface area contributed by atoms with Crippen LogP contribution in [-0.2, 0) is 21.2 Å². The van der Waals surface area contributed by atoms with Gasteiger partial charge in [0.2, 0.25) is 11.9 Å². The first-order valence-electron chi connectivity index (χ1n) is 10.2. The molecule has 2 atom stereocenters. The summed E-state index contributed by atoms with van der Waals surface area (Å²) >= 11 is 2.79. The molecule has 3 N–H and O–H groups in total. The first-order chi connectivity index (χ1) is 15.9. The van der Waals surface area contributed by atoms with Gasteiger partial charge in [-0.1, -0.05) is 18.2 Å². The summed E-state index contributed by atoms with van der Waals surface area (Å²) in [6, 6.07) is 8.97. The van der Waals surface area contributed by atoms with Crippen LogP contribution in [0.4, 0.5) is 17.3 Å². The highest BCUT2D eigenvalue weighted by Crippen LogP contribution is 2.40. The summed E-state index contributed by atoms with van der Waals surface area (Å²) in [7, 11) is -2.06. The molecule has 0 saturated carbocycles. The van der Waals surface area contributed by atoms with E-state index in [9.17, 15) is 13.2 Å². The quantitative estimate of drug-likeness (QED) is 0.451. The van der Waals surface area contributed by atoms with Crippen molar-refractivity contribution < 1.29 is 13.2 Å². The minimum Gasteiger partial charge on any atom is -0.374 e. The maximum atomic E-state index is 13.0. The monoisotopic (exact) mass is 503 g/mol. The van der Waals surface area contributed by atoms with E-state index in [1.165, 1.54) is 22.0 Å². The van der Waals surface area contributed by atoms with Gasteiger partial charge in [-0.25, -0.2) is 13.5 Å². The molecule has 2 aliphatic rings. The number of para-hydroxylation sites is 1. The van der Waals surface area contributed by atoms with Gasteiger partial charge in [0, 0.05) is 25.1 Å². The average molecular weight is 504 g/mol. The van der Waals surface area contributed by atoms with Crippen LogP contribution in [0.2, 0.25) is 0 Å². The third kappa shape index (κ3) is 4.35. The molecule has 1 amide bonds. The summed E-state index contributed by atoms with van der Waals surface area (Å²) < 4.78 is 27.7. The Bertz CT molecular complexity index is 1290. The van der Waals surface area contributed by atoms with Crippen molar-refractivity contribution in [1.29, 1.82) is 0 Å². The molecule has 5 rings (SSSR count). The van der Waals surface area contributed by atoms with Crippen LogP contribution < -0.4 is 14.9 Å². The molecule has 3 aromatic rings. The number of aromatic amines is 1. The number of nitrogens with zero attached hydrogens (tertiary/aromatic N) is 4. The number of rotatable bonds is 7. The lowest BCUT2D eigenvalue weighted by Gasteiger charge is -2.22. The maximum Gasteiger partial charge on any atom is 0.273 e. The lowest BCUT2D eigenvalue weighted by molar-refractivity contribution is -0.116. The molecule has 13 heteroatoms. The van der Waals surface area contributed by atoms with Crippen molar-refractivity contribution in [2.24, 2.45) is 4.99 Å². The number of nitrogens with one attached hydrogen (secondary N) is 3. The molecule has 2 unspecified atom stereocenters. The molecular weight excluding hydrogens is 482 g/mol. The van der Waals surface area contributed by atoms with Crippen LogP contribution in [0.3, 0.4) is 0 Å². The third-order valence-corrected chi connectivity index (χ3v) is 9.89. The van der Waals surface area contributed by atoms with Gasteiger partial charge in [-0.3, -0.25) is 19.4 Å². The van der Waals surface area contributed by atoms with Crippen LogP contribution in [0.25, 0.3) is 0 Å². The fourth-order valence-corrected chi connectivity index (χ4v) is 7.40. The standard InChI is InChI=1S/C20H21N7O3S3/c1-27(33(29,30)17-6-3-7-31-17)15-5-2-4-12-8-14(24-18(12)15)19-21-10-13(32-19)9-16(28)25-20-22-11-23-26-20/h2-7,11,13-14,24H,8-10H2,1H3,(H2,22,23,25,26,28). The average Bonchev–Trinajstić information content (AvgIpc) is 3.59. The van der Waals surface area contributed by atoms with Gasteiger partial charge in [-0.15, -0.1) is 23.1 Å². The van der Waals surface area contributed by atoms with Gasteiger partial charge in [0.25, 0.3) is 10.0 Å². The molecular formula is C20H21N7O3S3. The normalized spacial score (nSPS) is 19.6. The summed E-state index contributed by atoms with van der Waals surface area (Å²) in [5.41, 5.74) is 2.45. The molecule has 0 spiro atoms. The molecule has 0 aliphatic carbocycles. The van der Waals surface area contributed by atoms with Crippen molar-refractivity contribution in [3.8, 4) is 0 Å². The smallest absolute Gasteiger partial charge is 0.273 e. The first kappa shape index (κ1) is 21.9. The number of aliphatic imine (C=N–C) groups is 1. The number of benzene rings is 1. The van der Waals surface area contributed by atoms with Crippen molar-refractivity contribution in [1.82, 2.24) is 15.2 Å². The van der Waals surface area contributed by atoms with E-state index in [0.29, 0.717) is 35.2 Å². The van der Waals surface area contributed by atoms with Crippen molar-refractivity contribution in [2.45, 2.75) is 28.3 Å². The summed E-state index contributed by atoms with van der Waals surface area (Å²) in [6.07, 6.45) is 2.35. The highest BCUT2D eigenvalue weighted by Gasteiger charge is 2.34. The molecule has 0 fully saturated rings. The van der Waals surface area contributed by atoms with Crippen molar-refractivity contribution in [3.05, 3.63) is 47.6 Å². The number of hydrogen-bond acceptors (Lipinski definition) is 9. The number of aromatic nitrogens is 3. The molecule has 0 bridgehead atoms. The van der Waals surface area contributed by atoms with E-state index in [1.807, 2.05) is 12.1 Å². The number of H-pyrrole nitrogens is 1. The number of carbonyl (C=O) groups is 1. The third-order valence-electron chi connectivity index (χ3n) is 5.44. The summed E-state index contributed by atoms with van der Waals surface area (Å²) in [6.45, 7) is 0.553. The molecule has 4 heterocycles. The predicted octanol–water partition coefficient (Wildman–Crippen LogP) is 2.57. The molecule has 0 saturated heterocycles. The Hall–Kier alpha value is -2.90. The number of sulfonamides is 1. The fraction of sp³-hybridized carbons (Fsp3) is 0.300. The Balaban J connectivity index is 1.25. The van der Waals surface area contributed by atoms with Crippen LogP contribution in [0.5, 0.6) is 0 Å². The fourth-order valence-electron chi connectivity index (χ4n) is 3.85. The zero-order valence-corrected chi connectivity index (χ0v) is 20.0. The van der Waals surface area contributed by atoms with Gasteiger partial charge in [-0.05, 0) is 23.1 Å². The minimum absolute atomic E-state index is 0.0368. The second-order valence-electron chi connectivity index (χ2n) is 7.62. The van der Waals surface area contributed by atoms with Gasteiger partial charge >= 0.3 is 0 Å². The van der Waals surface area contributed by atoms with Crippen LogP contribution >= 0.6 is 23.1 Å². The molecule has 0 radical (unpaired) electrons. The molecule has 2 aliphatic heterocycles. The molecule has 10 nitrogen and oxygen atoms in total. The van der Waals surface area contributed by atoms with E-state index in [0.717, 1.165) is 16.3 Å². The largest absolute Gasteiger partial charge is 0.374 e. The second-order valence-corrected chi connectivity index (χ2v) is 12.1. The maximum absolute atomic E-state index is 13.0. The van der Waals surface area contributed by atoms with E-state index in [4.69, 9.17) is 0 Å². The number of amides is 1. The van der Waals surface area contributed by atoms with Crippen LogP contribution in [-0.4, -0.2) is 59.4 Å². The molecule has 33 heavy (non-hydrogen) atoms.